The molecule has 0 aromatic carbocycles. The van der Waals surface area contributed by atoms with Crippen LogP contribution in [0, 0.1) is 0 Å². The summed E-state index contributed by atoms with van der Waals surface area (Å²) in [5.74, 6) is -0.400. The Morgan fingerprint density at radius 2 is 2.17 bits per heavy atom. The molecule has 0 amide bonds. The topological polar surface area (TPSA) is 61.5 Å². The predicted molar refractivity (Wildman–Crippen MR) is 45.4 cm³/mol. The fraction of sp³-hybridized carbons (Fsp3) is 0.625. The van der Waals surface area contributed by atoms with E-state index in [1.165, 1.54) is 0 Å². The Labute approximate surface area is 72.3 Å². The zero-order valence-electron chi connectivity index (χ0n) is 7.50. The summed E-state index contributed by atoms with van der Waals surface area (Å²) in [4.78, 5) is 10.8. The van der Waals surface area contributed by atoms with Gasteiger partial charge in [-0.15, -0.1) is 0 Å². The van der Waals surface area contributed by atoms with Crippen molar-refractivity contribution in [1.82, 2.24) is 0 Å². The van der Waals surface area contributed by atoms with Crippen LogP contribution >= 0.6 is 0 Å². The third-order valence-corrected chi connectivity index (χ3v) is 1.05. The van der Waals surface area contributed by atoms with Crippen LogP contribution < -0.4 is 5.73 Å². The van der Waals surface area contributed by atoms with Crippen LogP contribution in [0.25, 0.3) is 0 Å². The number of rotatable bonds is 5. The maximum atomic E-state index is 10.8. The largest absolute Gasteiger partial charge is 0.460 e. The molecule has 4 heteroatoms. The van der Waals surface area contributed by atoms with Crippen molar-refractivity contribution in [3.63, 3.8) is 0 Å². The highest BCUT2D eigenvalue weighted by Crippen LogP contribution is 1.91. The highest BCUT2D eigenvalue weighted by Gasteiger charge is 2.02. The summed E-state index contributed by atoms with van der Waals surface area (Å²) in [6, 6.07) is 0. The van der Waals surface area contributed by atoms with Gasteiger partial charge in [-0.25, -0.2) is 4.79 Å². The monoisotopic (exact) mass is 173 g/mol. The molecular formula is C8H15NO3. The average Bonchev–Trinajstić information content (AvgIpc) is 1.97. The van der Waals surface area contributed by atoms with Crippen LogP contribution in [0.15, 0.2) is 12.2 Å². The third-order valence-electron chi connectivity index (χ3n) is 1.05. The number of carbonyl (C=O) groups excluding carboxylic acids is 1. The molecule has 70 valence electrons. The summed E-state index contributed by atoms with van der Waals surface area (Å²) in [7, 11) is 0. The van der Waals surface area contributed by atoms with E-state index in [4.69, 9.17) is 15.2 Å². The van der Waals surface area contributed by atoms with Crippen LogP contribution in [0.4, 0.5) is 0 Å². The first-order valence-corrected chi connectivity index (χ1v) is 3.74. The van der Waals surface area contributed by atoms with Crippen molar-refractivity contribution in [3.05, 3.63) is 12.2 Å². The van der Waals surface area contributed by atoms with Gasteiger partial charge < -0.3 is 15.2 Å². The summed E-state index contributed by atoms with van der Waals surface area (Å²) in [5, 5.41) is 0. The molecule has 0 heterocycles. The lowest BCUT2D eigenvalue weighted by molar-refractivity contribution is -0.141. The number of hydrogen-bond donors (Lipinski definition) is 1. The molecule has 2 N–H and O–H groups in total. The van der Waals surface area contributed by atoms with Crippen molar-refractivity contribution < 1.29 is 14.3 Å². The molecule has 1 atom stereocenters. The van der Waals surface area contributed by atoms with Crippen molar-refractivity contribution in [2.75, 3.05) is 13.2 Å². The Bertz CT molecular complexity index is 166. The molecule has 0 fully saturated rings. The lowest BCUT2D eigenvalue weighted by Gasteiger charge is -2.07. The molecule has 1 unspecified atom stereocenters. The van der Waals surface area contributed by atoms with Gasteiger partial charge in [0.25, 0.3) is 0 Å². The van der Waals surface area contributed by atoms with E-state index in [0.717, 1.165) is 0 Å². The van der Waals surface area contributed by atoms with Crippen LogP contribution in [0.1, 0.15) is 13.8 Å². The molecule has 0 rings (SSSR count). The van der Waals surface area contributed by atoms with Gasteiger partial charge in [0.1, 0.15) is 12.8 Å². The predicted octanol–water partition coefficient (Wildman–Crippen LogP) is 0.427. The van der Waals surface area contributed by atoms with Crippen LogP contribution in [-0.4, -0.2) is 25.4 Å². The molecule has 0 saturated heterocycles. The SMILES string of the molecule is C=C(C)C(=O)OCCOC(C)N. The van der Waals surface area contributed by atoms with E-state index in [2.05, 4.69) is 6.58 Å². The Kier molecular flexibility index (Phi) is 5.32. The molecule has 0 aromatic heterocycles. The van der Waals surface area contributed by atoms with Gasteiger partial charge in [-0.1, -0.05) is 6.58 Å². The van der Waals surface area contributed by atoms with Crippen LogP contribution in [-0.2, 0) is 14.3 Å². The zero-order chi connectivity index (χ0) is 9.56. The highest BCUT2D eigenvalue weighted by atomic mass is 16.6. The van der Waals surface area contributed by atoms with Gasteiger partial charge in [-0.2, -0.15) is 0 Å². The van der Waals surface area contributed by atoms with Gasteiger partial charge in [-0.05, 0) is 13.8 Å². The number of ether oxygens (including phenoxy) is 2. The first kappa shape index (κ1) is 11.1. The van der Waals surface area contributed by atoms with Crippen molar-refractivity contribution in [3.8, 4) is 0 Å². The van der Waals surface area contributed by atoms with Gasteiger partial charge in [0.05, 0.1) is 6.61 Å². The number of esters is 1. The number of hydrogen-bond acceptors (Lipinski definition) is 4. The summed E-state index contributed by atoms with van der Waals surface area (Å²) < 4.78 is 9.68. The van der Waals surface area contributed by atoms with E-state index >= 15 is 0 Å². The standard InChI is InChI=1S/C8H15NO3/c1-6(2)8(10)12-5-4-11-7(3)9/h7H,1,4-5,9H2,2-3H3. The minimum Gasteiger partial charge on any atom is -0.460 e. The van der Waals surface area contributed by atoms with E-state index in [1.54, 1.807) is 13.8 Å². The first-order chi connectivity index (χ1) is 5.54. The average molecular weight is 173 g/mol. The smallest absolute Gasteiger partial charge is 0.333 e. The fourth-order valence-electron chi connectivity index (χ4n) is 0.492. The maximum absolute atomic E-state index is 10.8. The molecule has 0 saturated carbocycles. The summed E-state index contributed by atoms with van der Waals surface area (Å²) in [6.07, 6.45) is -0.325. The molecule has 0 aliphatic rings. The van der Waals surface area contributed by atoms with Gasteiger partial charge in [0.2, 0.25) is 0 Å². The number of carbonyl (C=O) groups is 1. The van der Waals surface area contributed by atoms with E-state index in [1.807, 2.05) is 0 Å². The quantitative estimate of drug-likeness (QED) is 0.283. The third kappa shape index (κ3) is 5.88. The molecular weight excluding hydrogens is 158 g/mol. The lowest BCUT2D eigenvalue weighted by atomic mass is 10.4. The Morgan fingerprint density at radius 1 is 1.58 bits per heavy atom. The second-order valence-corrected chi connectivity index (χ2v) is 2.49. The minimum atomic E-state index is -0.400. The van der Waals surface area contributed by atoms with E-state index < -0.39 is 5.97 Å². The Balaban J connectivity index is 3.32. The van der Waals surface area contributed by atoms with Gasteiger partial charge in [0.15, 0.2) is 0 Å². The fourth-order valence-corrected chi connectivity index (χ4v) is 0.492. The minimum absolute atomic E-state index is 0.216. The van der Waals surface area contributed by atoms with E-state index in [0.29, 0.717) is 12.2 Å². The van der Waals surface area contributed by atoms with Gasteiger partial charge in [-0.3, -0.25) is 0 Å². The zero-order valence-corrected chi connectivity index (χ0v) is 7.50. The van der Waals surface area contributed by atoms with E-state index in [9.17, 15) is 4.79 Å². The normalized spacial score (nSPS) is 12.2. The van der Waals surface area contributed by atoms with Crippen LogP contribution in [0.5, 0.6) is 0 Å². The molecule has 0 radical (unpaired) electrons. The lowest BCUT2D eigenvalue weighted by Crippen LogP contribution is -2.22. The van der Waals surface area contributed by atoms with Gasteiger partial charge in [0, 0.05) is 5.57 Å². The van der Waals surface area contributed by atoms with Gasteiger partial charge >= 0.3 is 5.97 Å². The molecule has 0 bridgehead atoms. The first-order valence-electron chi connectivity index (χ1n) is 3.74. The second-order valence-electron chi connectivity index (χ2n) is 2.49. The molecule has 4 nitrogen and oxygen atoms in total. The Morgan fingerprint density at radius 3 is 2.58 bits per heavy atom. The highest BCUT2D eigenvalue weighted by molar-refractivity contribution is 5.86. The van der Waals surface area contributed by atoms with Crippen molar-refractivity contribution in [1.29, 1.82) is 0 Å². The van der Waals surface area contributed by atoms with Crippen LogP contribution in [0.3, 0.4) is 0 Å². The summed E-state index contributed by atoms with van der Waals surface area (Å²) >= 11 is 0. The second kappa shape index (κ2) is 5.74. The molecule has 0 aliphatic carbocycles. The molecule has 0 spiro atoms. The van der Waals surface area contributed by atoms with E-state index in [-0.39, 0.29) is 12.8 Å². The van der Waals surface area contributed by atoms with Crippen molar-refractivity contribution in [2.45, 2.75) is 20.1 Å². The Hall–Kier alpha value is -0.870. The molecule has 0 aromatic rings. The van der Waals surface area contributed by atoms with Crippen molar-refractivity contribution >= 4 is 5.97 Å². The summed E-state index contributed by atoms with van der Waals surface area (Å²) in [5.41, 5.74) is 5.67. The molecule has 12 heavy (non-hydrogen) atoms. The summed E-state index contributed by atoms with van der Waals surface area (Å²) in [6.45, 7) is 7.26. The number of nitrogens with two attached hydrogens (primary N) is 1. The van der Waals surface area contributed by atoms with Crippen molar-refractivity contribution in [2.24, 2.45) is 5.73 Å². The molecule has 0 aliphatic heterocycles. The van der Waals surface area contributed by atoms with Crippen LogP contribution in [0.2, 0.25) is 0 Å². The maximum Gasteiger partial charge on any atom is 0.333 e.